The van der Waals surface area contributed by atoms with Crippen molar-refractivity contribution in [1.29, 1.82) is 0 Å². The van der Waals surface area contributed by atoms with E-state index in [4.69, 9.17) is 4.74 Å². The number of anilines is 1. The maximum Gasteiger partial charge on any atom is 0.254 e. The van der Waals surface area contributed by atoms with Crippen LogP contribution in [0.4, 0.5) is 10.3 Å². The summed E-state index contributed by atoms with van der Waals surface area (Å²) in [6, 6.07) is 6.86. The second kappa shape index (κ2) is 7.28. The average Bonchev–Trinajstić information content (AvgIpc) is 3.02. The number of ether oxygens (including phenoxy) is 1. The van der Waals surface area contributed by atoms with Crippen molar-refractivity contribution in [3.05, 3.63) is 51.5 Å². The Balaban J connectivity index is 1.60. The summed E-state index contributed by atoms with van der Waals surface area (Å²) in [4.78, 5) is 8.97. The molecule has 136 valence electrons. The average molecular weight is 420 g/mol. The zero-order valence-electron chi connectivity index (χ0n) is 14.4. The molecule has 1 saturated heterocycles. The van der Waals surface area contributed by atoms with Crippen molar-refractivity contribution in [2.45, 2.75) is 32.2 Å². The first kappa shape index (κ1) is 17.4. The largest absolute Gasteiger partial charge is 0.381 e. The number of fused-ring (bicyclic) bond motifs is 1. The van der Waals surface area contributed by atoms with E-state index in [0.717, 1.165) is 43.0 Å². The third kappa shape index (κ3) is 3.71. The fourth-order valence-electron chi connectivity index (χ4n) is 3.27. The number of hydrogen-bond donors (Lipinski definition) is 1. The zero-order chi connectivity index (χ0) is 18.1. The van der Waals surface area contributed by atoms with E-state index in [0.29, 0.717) is 28.7 Å². The van der Waals surface area contributed by atoms with Crippen molar-refractivity contribution in [2.24, 2.45) is 0 Å². The van der Waals surface area contributed by atoms with Crippen LogP contribution >= 0.6 is 15.9 Å². The molecule has 8 heteroatoms. The van der Waals surface area contributed by atoms with Crippen LogP contribution < -0.4 is 5.32 Å². The molecule has 1 fully saturated rings. The molecule has 0 amide bonds. The topological polar surface area (TPSA) is 64.3 Å². The van der Waals surface area contributed by atoms with Crippen LogP contribution in [0.1, 0.15) is 35.7 Å². The molecule has 6 nitrogen and oxygen atoms in total. The van der Waals surface area contributed by atoms with E-state index in [1.807, 2.05) is 17.5 Å². The maximum atomic E-state index is 13.5. The predicted molar refractivity (Wildman–Crippen MR) is 99.7 cm³/mol. The molecule has 1 aliphatic rings. The van der Waals surface area contributed by atoms with E-state index >= 15 is 0 Å². The minimum absolute atomic E-state index is 0.279. The van der Waals surface area contributed by atoms with Gasteiger partial charge in [0.2, 0.25) is 5.95 Å². The molecule has 0 saturated carbocycles. The van der Waals surface area contributed by atoms with E-state index < -0.39 is 0 Å². The molecule has 1 aliphatic heterocycles. The molecular formula is C18H19BrFN5O. The molecule has 1 aromatic carbocycles. The number of benzene rings is 1. The van der Waals surface area contributed by atoms with Gasteiger partial charge < -0.3 is 10.1 Å². The van der Waals surface area contributed by atoms with Crippen molar-refractivity contribution >= 4 is 27.7 Å². The van der Waals surface area contributed by atoms with Gasteiger partial charge >= 0.3 is 0 Å². The van der Waals surface area contributed by atoms with Crippen molar-refractivity contribution < 1.29 is 9.13 Å². The fraction of sp³-hybridized carbons (Fsp3) is 0.389. The van der Waals surface area contributed by atoms with Gasteiger partial charge in [-0.15, -0.1) is 5.10 Å². The Bertz CT molecular complexity index is 918. The minimum atomic E-state index is -0.279. The van der Waals surface area contributed by atoms with Crippen LogP contribution in [0.5, 0.6) is 0 Å². The summed E-state index contributed by atoms with van der Waals surface area (Å²) in [5.74, 6) is 1.17. The summed E-state index contributed by atoms with van der Waals surface area (Å²) in [6.45, 7) is 3.93. The molecule has 0 spiro atoms. The van der Waals surface area contributed by atoms with Crippen LogP contribution in [0.15, 0.2) is 28.7 Å². The smallest absolute Gasteiger partial charge is 0.254 e. The predicted octanol–water partition coefficient (Wildman–Crippen LogP) is 3.84. The number of nitrogens with zero attached hydrogens (tertiary/aromatic N) is 4. The number of halogens is 2. The van der Waals surface area contributed by atoms with Gasteiger partial charge in [0.15, 0.2) is 0 Å². The Labute approximate surface area is 158 Å². The number of aromatic nitrogens is 4. The van der Waals surface area contributed by atoms with Crippen LogP contribution in [0.2, 0.25) is 0 Å². The quantitative estimate of drug-likeness (QED) is 0.695. The lowest BCUT2D eigenvalue weighted by Crippen LogP contribution is -2.17. The Morgan fingerprint density at radius 2 is 2.04 bits per heavy atom. The lowest BCUT2D eigenvalue weighted by molar-refractivity contribution is 0.0840. The van der Waals surface area contributed by atoms with E-state index in [1.165, 1.54) is 12.1 Å². The fourth-order valence-corrected chi connectivity index (χ4v) is 3.78. The number of nitrogens with one attached hydrogen (secondary N) is 1. The van der Waals surface area contributed by atoms with Gasteiger partial charge in [-0.1, -0.05) is 15.9 Å². The third-order valence-corrected chi connectivity index (χ3v) is 4.94. The van der Waals surface area contributed by atoms with Crippen LogP contribution in [-0.2, 0) is 11.3 Å². The normalized spacial score (nSPS) is 15.5. The van der Waals surface area contributed by atoms with E-state index in [2.05, 4.69) is 42.4 Å². The molecule has 4 rings (SSSR count). The highest BCUT2D eigenvalue weighted by Crippen LogP contribution is 2.27. The summed E-state index contributed by atoms with van der Waals surface area (Å²) >= 11 is 3.31. The van der Waals surface area contributed by atoms with Crippen LogP contribution in [-0.4, -0.2) is 32.8 Å². The molecule has 0 aliphatic carbocycles. The lowest BCUT2D eigenvalue weighted by atomic mass is 9.96. The number of rotatable bonds is 4. The SMILES string of the molecule is Cc1cc(C2CCOCC2)n2nc(NCc3cc(F)cc(Br)c3)nc2n1. The lowest BCUT2D eigenvalue weighted by Gasteiger charge is -2.22. The number of aryl methyl sites for hydroxylation is 1. The monoisotopic (exact) mass is 419 g/mol. The standard InChI is InChI=1S/C18H19BrFN5O/c1-11-6-16(13-2-4-26-5-3-13)25-18(22-11)23-17(24-25)21-10-12-7-14(19)9-15(20)8-12/h6-9,13H,2-5,10H2,1H3,(H,21,24). The summed E-state index contributed by atoms with van der Waals surface area (Å²) in [7, 11) is 0. The van der Waals surface area contributed by atoms with E-state index in [1.54, 1.807) is 0 Å². The first-order valence-corrected chi connectivity index (χ1v) is 9.39. The number of hydrogen-bond acceptors (Lipinski definition) is 5. The molecule has 1 N–H and O–H groups in total. The molecule has 2 aromatic heterocycles. The van der Waals surface area contributed by atoms with Gasteiger partial charge in [0, 0.05) is 35.8 Å². The van der Waals surface area contributed by atoms with E-state index in [-0.39, 0.29) is 5.82 Å². The van der Waals surface area contributed by atoms with Gasteiger partial charge in [-0.3, -0.25) is 0 Å². The Kier molecular flexibility index (Phi) is 4.86. The molecular weight excluding hydrogens is 401 g/mol. The van der Waals surface area contributed by atoms with Crippen molar-refractivity contribution in [1.82, 2.24) is 19.6 Å². The van der Waals surface area contributed by atoms with Crippen molar-refractivity contribution in [3.63, 3.8) is 0 Å². The molecule has 3 heterocycles. The minimum Gasteiger partial charge on any atom is -0.381 e. The highest BCUT2D eigenvalue weighted by Gasteiger charge is 2.21. The second-order valence-corrected chi connectivity index (χ2v) is 7.40. The maximum absolute atomic E-state index is 13.5. The molecule has 26 heavy (non-hydrogen) atoms. The Morgan fingerprint density at radius 3 is 2.81 bits per heavy atom. The first-order chi connectivity index (χ1) is 12.6. The summed E-state index contributed by atoms with van der Waals surface area (Å²) < 4.78 is 21.5. The Morgan fingerprint density at radius 1 is 1.23 bits per heavy atom. The van der Waals surface area contributed by atoms with Crippen LogP contribution in [0.25, 0.3) is 5.78 Å². The molecule has 0 bridgehead atoms. The molecule has 3 aromatic rings. The summed E-state index contributed by atoms with van der Waals surface area (Å²) in [6.07, 6.45) is 1.94. The highest BCUT2D eigenvalue weighted by atomic mass is 79.9. The van der Waals surface area contributed by atoms with Gasteiger partial charge in [0.1, 0.15) is 5.82 Å². The van der Waals surface area contributed by atoms with Crippen LogP contribution in [0, 0.1) is 12.7 Å². The van der Waals surface area contributed by atoms with Gasteiger partial charge in [-0.05, 0) is 49.6 Å². The highest BCUT2D eigenvalue weighted by molar-refractivity contribution is 9.10. The zero-order valence-corrected chi connectivity index (χ0v) is 16.0. The van der Waals surface area contributed by atoms with Gasteiger partial charge in [0.25, 0.3) is 5.78 Å². The molecule has 0 radical (unpaired) electrons. The van der Waals surface area contributed by atoms with Gasteiger partial charge in [0.05, 0.1) is 5.69 Å². The Hall–Kier alpha value is -2.06. The van der Waals surface area contributed by atoms with Gasteiger partial charge in [-0.25, -0.2) is 9.37 Å². The van der Waals surface area contributed by atoms with Crippen molar-refractivity contribution in [2.75, 3.05) is 18.5 Å². The summed E-state index contributed by atoms with van der Waals surface area (Å²) in [5.41, 5.74) is 2.85. The van der Waals surface area contributed by atoms with Crippen molar-refractivity contribution in [3.8, 4) is 0 Å². The first-order valence-electron chi connectivity index (χ1n) is 8.59. The van der Waals surface area contributed by atoms with Crippen LogP contribution in [0.3, 0.4) is 0 Å². The third-order valence-electron chi connectivity index (χ3n) is 4.48. The second-order valence-electron chi connectivity index (χ2n) is 6.49. The van der Waals surface area contributed by atoms with Gasteiger partial charge in [-0.2, -0.15) is 9.50 Å². The van der Waals surface area contributed by atoms with E-state index in [9.17, 15) is 4.39 Å². The molecule has 0 atom stereocenters. The summed E-state index contributed by atoms with van der Waals surface area (Å²) in [5, 5.41) is 7.73. The molecule has 0 unspecified atom stereocenters.